The van der Waals surface area contributed by atoms with Crippen LogP contribution in [-0.4, -0.2) is 59.0 Å². The normalized spacial score (nSPS) is 34.7. The summed E-state index contributed by atoms with van der Waals surface area (Å²) in [5.74, 6) is -1.69. The highest BCUT2D eigenvalue weighted by Gasteiger charge is 2.44. The fraction of sp³-hybridized carbons (Fsp3) is 0.800. The molecule has 0 aromatic heterocycles. The maximum absolute atomic E-state index is 12.2. The second-order valence-electron chi connectivity index (χ2n) is 4.63. The molecule has 1 N–H and O–H groups in total. The Morgan fingerprint density at radius 1 is 1.39 bits per heavy atom. The Morgan fingerprint density at radius 2 is 2.06 bits per heavy atom. The SMILES string of the molecule is CC1SCC(C(=O)O)N1C(=O)C1CCS(=O)(=O)C1. The van der Waals surface area contributed by atoms with E-state index in [9.17, 15) is 18.0 Å². The summed E-state index contributed by atoms with van der Waals surface area (Å²) in [6.07, 6.45) is 0.307. The molecule has 2 rings (SSSR count). The van der Waals surface area contributed by atoms with Crippen LogP contribution in [0.5, 0.6) is 0 Å². The van der Waals surface area contributed by atoms with Gasteiger partial charge in [0.15, 0.2) is 9.84 Å². The van der Waals surface area contributed by atoms with Crippen LogP contribution < -0.4 is 0 Å². The van der Waals surface area contributed by atoms with Crippen LogP contribution in [0.25, 0.3) is 0 Å². The standard InChI is InChI=1S/C10H15NO5S2/c1-6-11(8(4-17-6)10(13)14)9(12)7-2-3-18(15,16)5-7/h6-8H,2-5H2,1H3,(H,13,14). The van der Waals surface area contributed by atoms with Crippen LogP contribution in [-0.2, 0) is 19.4 Å². The average molecular weight is 293 g/mol. The summed E-state index contributed by atoms with van der Waals surface area (Å²) < 4.78 is 22.7. The molecule has 1 amide bonds. The molecule has 2 fully saturated rings. The zero-order valence-corrected chi connectivity index (χ0v) is 11.5. The van der Waals surface area contributed by atoms with Gasteiger partial charge in [0, 0.05) is 5.75 Å². The van der Waals surface area contributed by atoms with E-state index in [-0.39, 0.29) is 22.8 Å². The topological polar surface area (TPSA) is 91.8 Å². The van der Waals surface area contributed by atoms with E-state index in [1.165, 1.54) is 16.7 Å². The van der Waals surface area contributed by atoms with Crippen molar-refractivity contribution in [3.05, 3.63) is 0 Å². The van der Waals surface area contributed by atoms with Gasteiger partial charge in [0.05, 0.1) is 22.8 Å². The molecule has 2 aliphatic heterocycles. The molecule has 6 nitrogen and oxygen atoms in total. The van der Waals surface area contributed by atoms with Crippen molar-refractivity contribution < 1.29 is 23.1 Å². The second-order valence-corrected chi connectivity index (χ2v) is 8.21. The summed E-state index contributed by atoms with van der Waals surface area (Å²) in [5, 5.41) is 8.86. The number of carboxylic acid groups (broad SMARTS) is 1. The van der Waals surface area contributed by atoms with Crippen LogP contribution >= 0.6 is 11.8 Å². The van der Waals surface area contributed by atoms with Crippen LogP contribution in [0.2, 0.25) is 0 Å². The van der Waals surface area contributed by atoms with E-state index in [2.05, 4.69) is 0 Å². The molecule has 2 saturated heterocycles. The third-order valence-corrected chi connectivity index (χ3v) is 6.33. The highest BCUT2D eigenvalue weighted by atomic mass is 32.2. The first-order chi connectivity index (χ1) is 8.32. The van der Waals surface area contributed by atoms with Gasteiger partial charge in [-0.1, -0.05) is 0 Å². The van der Waals surface area contributed by atoms with E-state index < -0.39 is 27.8 Å². The number of carboxylic acids is 1. The zero-order valence-electron chi connectivity index (χ0n) is 9.90. The monoisotopic (exact) mass is 293 g/mol. The van der Waals surface area contributed by atoms with E-state index in [0.29, 0.717) is 12.2 Å². The summed E-state index contributed by atoms with van der Waals surface area (Å²) >= 11 is 1.40. The molecule has 0 aromatic carbocycles. The fourth-order valence-electron chi connectivity index (χ4n) is 2.37. The van der Waals surface area contributed by atoms with E-state index >= 15 is 0 Å². The number of carbonyl (C=O) groups is 2. The molecule has 0 aromatic rings. The first-order valence-electron chi connectivity index (χ1n) is 5.69. The Balaban J connectivity index is 2.15. The van der Waals surface area contributed by atoms with Gasteiger partial charge in [-0.3, -0.25) is 4.79 Å². The van der Waals surface area contributed by atoms with Gasteiger partial charge in [-0.25, -0.2) is 13.2 Å². The van der Waals surface area contributed by atoms with Gasteiger partial charge < -0.3 is 10.0 Å². The Bertz CT molecular complexity index is 475. The molecule has 3 unspecified atom stereocenters. The lowest BCUT2D eigenvalue weighted by molar-refractivity contribution is -0.150. The highest BCUT2D eigenvalue weighted by molar-refractivity contribution is 8.00. The minimum absolute atomic E-state index is 0.0243. The molecule has 0 radical (unpaired) electrons. The number of hydrogen-bond acceptors (Lipinski definition) is 5. The van der Waals surface area contributed by atoms with Gasteiger partial charge >= 0.3 is 5.97 Å². The third-order valence-electron chi connectivity index (χ3n) is 3.34. The molecule has 0 aliphatic carbocycles. The maximum atomic E-state index is 12.2. The van der Waals surface area contributed by atoms with Crippen molar-refractivity contribution in [2.45, 2.75) is 24.8 Å². The van der Waals surface area contributed by atoms with Gasteiger partial charge in [0.1, 0.15) is 6.04 Å². The van der Waals surface area contributed by atoms with Gasteiger partial charge in [-0.15, -0.1) is 11.8 Å². The maximum Gasteiger partial charge on any atom is 0.327 e. The predicted molar refractivity (Wildman–Crippen MR) is 67.0 cm³/mol. The van der Waals surface area contributed by atoms with Crippen molar-refractivity contribution >= 4 is 33.5 Å². The average Bonchev–Trinajstić information content (AvgIpc) is 2.80. The van der Waals surface area contributed by atoms with Crippen molar-refractivity contribution in [3.8, 4) is 0 Å². The number of aliphatic carboxylic acids is 1. The number of hydrogen-bond donors (Lipinski definition) is 1. The lowest BCUT2D eigenvalue weighted by Gasteiger charge is -2.27. The number of carbonyl (C=O) groups excluding carboxylic acids is 1. The predicted octanol–water partition coefficient (Wildman–Crippen LogP) is -0.204. The minimum atomic E-state index is -3.13. The molecule has 18 heavy (non-hydrogen) atoms. The third kappa shape index (κ3) is 2.49. The molecular formula is C10H15NO5S2. The Hall–Kier alpha value is -0.760. The highest BCUT2D eigenvalue weighted by Crippen LogP contribution is 2.32. The van der Waals surface area contributed by atoms with E-state index in [1.807, 2.05) is 0 Å². The van der Waals surface area contributed by atoms with Crippen LogP contribution in [0, 0.1) is 5.92 Å². The van der Waals surface area contributed by atoms with Gasteiger partial charge in [0.25, 0.3) is 0 Å². The van der Waals surface area contributed by atoms with Crippen LogP contribution in [0.4, 0.5) is 0 Å². The first-order valence-corrected chi connectivity index (χ1v) is 8.56. The van der Waals surface area contributed by atoms with Crippen molar-refractivity contribution in [1.29, 1.82) is 0 Å². The lowest BCUT2D eigenvalue weighted by Crippen LogP contribution is -2.47. The molecule has 2 heterocycles. The minimum Gasteiger partial charge on any atom is -0.480 e. The summed E-state index contributed by atoms with van der Waals surface area (Å²) in [4.78, 5) is 24.7. The molecule has 102 valence electrons. The van der Waals surface area contributed by atoms with E-state index in [4.69, 9.17) is 5.11 Å². The Kier molecular flexibility index (Phi) is 3.59. The van der Waals surface area contributed by atoms with E-state index in [1.54, 1.807) is 6.92 Å². The molecule has 3 atom stereocenters. The van der Waals surface area contributed by atoms with Crippen LogP contribution in [0.3, 0.4) is 0 Å². The van der Waals surface area contributed by atoms with E-state index in [0.717, 1.165) is 0 Å². The largest absolute Gasteiger partial charge is 0.480 e. The number of nitrogens with zero attached hydrogens (tertiary/aromatic N) is 1. The summed E-state index contributed by atoms with van der Waals surface area (Å²) in [7, 11) is -3.13. The first kappa shape index (κ1) is 13.7. The van der Waals surface area contributed by atoms with Crippen molar-refractivity contribution in [2.75, 3.05) is 17.3 Å². The zero-order chi connectivity index (χ0) is 13.5. The van der Waals surface area contributed by atoms with Gasteiger partial charge in [0.2, 0.25) is 5.91 Å². The molecule has 0 bridgehead atoms. The quantitative estimate of drug-likeness (QED) is 0.758. The second kappa shape index (κ2) is 4.73. The Morgan fingerprint density at radius 3 is 2.56 bits per heavy atom. The molecule has 0 spiro atoms. The molecule has 0 saturated carbocycles. The van der Waals surface area contributed by atoms with Crippen LogP contribution in [0.1, 0.15) is 13.3 Å². The van der Waals surface area contributed by atoms with Gasteiger partial charge in [-0.05, 0) is 13.3 Å². The van der Waals surface area contributed by atoms with Gasteiger partial charge in [-0.2, -0.15) is 0 Å². The number of rotatable bonds is 2. The lowest BCUT2D eigenvalue weighted by atomic mass is 10.1. The number of sulfone groups is 1. The molecule has 2 aliphatic rings. The van der Waals surface area contributed by atoms with Crippen molar-refractivity contribution in [1.82, 2.24) is 4.90 Å². The summed E-state index contributed by atoms with van der Waals surface area (Å²) in [6, 6.07) is -0.833. The van der Waals surface area contributed by atoms with Crippen molar-refractivity contribution in [3.63, 3.8) is 0 Å². The Labute approximate surface area is 110 Å². The van der Waals surface area contributed by atoms with Crippen molar-refractivity contribution in [2.24, 2.45) is 5.92 Å². The fourth-order valence-corrected chi connectivity index (χ4v) is 5.28. The summed E-state index contributed by atoms with van der Waals surface area (Å²) in [5.41, 5.74) is 0. The molecule has 8 heteroatoms. The summed E-state index contributed by atoms with van der Waals surface area (Å²) in [6.45, 7) is 1.77. The van der Waals surface area contributed by atoms with Crippen LogP contribution in [0.15, 0.2) is 0 Å². The molecular weight excluding hydrogens is 278 g/mol. The smallest absolute Gasteiger partial charge is 0.327 e. The number of amides is 1. The number of thioether (sulfide) groups is 1.